The number of carbonyl (C=O) groups excluding carboxylic acids is 1. The van der Waals surface area contributed by atoms with Crippen molar-refractivity contribution in [2.45, 2.75) is 38.6 Å². The van der Waals surface area contributed by atoms with Gasteiger partial charge >= 0.3 is 0 Å². The summed E-state index contributed by atoms with van der Waals surface area (Å²) in [5, 5.41) is 8.28. The summed E-state index contributed by atoms with van der Waals surface area (Å²) in [6.07, 6.45) is 8.63. The average Bonchev–Trinajstić information content (AvgIpc) is 3.48. The van der Waals surface area contributed by atoms with Crippen LogP contribution in [0.2, 0.25) is 0 Å². The Morgan fingerprint density at radius 2 is 2.00 bits per heavy atom. The minimum absolute atomic E-state index is 0.0129. The summed E-state index contributed by atoms with van der Waals surface area (Å²) in [5.41, 5.74) is 6.57. The van der Waals surface area contributed by atoms with Crippen LogP contribution in [-0.4, -0.2) is 20.7 Å². The lowest BCUT2D eigenvalue weighted by atomic mass is 10.0. The molecule has 0 saturated carbocycles. The normalized spacial score (nSPS) is 14.1. The lowest BCUT2D eigenvalue weighted by molar-refractivity contribution is -0.121. The van der Waals surface area contributed by atoms with Crippen molar-refractivity contribution in [1.82, 2.24) is 20.1 Å². The maximum Gasteiger partial charge on any atom is 0.225 e. The van der Waals surface area contributed by atoms with Crippen molar-refractivity contribution in [3.05, 3.63) is 77.6 Å². The Labute approximate surface area is 168 Å². The highest BCUT2D eigenvalue weighted by Crippen LogP contribution is 2.30. The monoisotopic (exact) mass is 386 g/mol. The van der Waals surface area contributed by atoms with Crippen LogP contribution in [0.3, 0.4) is 0 Å². The van der Waals surface area contributed by atoms with E-state index in [1.54, 1.807) is 17.3 Å². The highest BCUT2D eigenvalue weighted by atomic mass is 16.3. The van der Waals surface area contributed by atoms with Crippen LogP contribution < -0.4 is 5.32 Å². The number of carbonyl (C=O) groups is 1. The standard InChI is InChI=1S/C23H22N4O2/c1-15(16-5-7-20(8-6-16)27-14-24-13-25-27)26-23(28)11-19-12-29-22-10-18-4-2-3-17(18)9-21(19)22/h5-10,12-15H,2-4,11H2,1H3,(H,26,28). The van der Waals surface area contributed by atoms with Crippen molar-refractivity contribution in [2.75, 3.05) is 0 Å². The Hall–Kier alpha value is -3.41. The first-order chi connectivity index (χ1) is 14.2. The molecule has 6 nitrogen and oxygen atoms in total. The van der Waals surface area contributed by atoms with Crippen LogP contribution in [-0.2, 0) is 24.1 Å². The fourth-order valence-corrected chi connectivity index (χ4v) is 4.09. The van der Waals surface area contributed by atoms with Gasteiger partial charge < -0.3 is 9.73 Å². The minimum Gasteiger partial charge on any atom is -0.464 e. The van der Waals surface area contributed by atoms with Crippen molar-refractivity contribution in [1.29, 1.82) is 0 Å². The molecule has 1 amide bonds. The van der Waals surface area contributed by atoms with Gasteiger partial charge in [-0.15, -0.1) is 0 Å². The third kappa shape index (κ3) is 3.42. The molecule has 0 fully saturated rings. The first-order valence-electron chi connectivity index (χ1n) is 9.93. The number of rotatable bonds is 5. The maximum atomic E-state index is 12.7. The highest BCUT2D eigenvalue weighted by molar-refractivity contribution is 5.88. The molecule has 0 aliphatic heterocycles. The number of fused-ring (bicyclic) bond motifs is 2. The van der Waals surface area contributed by atoms with Gasteiger partial charge in [0.2, 0.25) is 5.91 Å². The van der Waals surface area contributed by atoms with Gasteiger partial charge in [-0.05, 0) is 67.1 Å². The van der Waals surface area contributed by atoms with Crippen LogP contribution in [0, 0.1) is 0 Å². The van der Waals surface area contributed by atoms with Gasteiger partial charge in [0.1, 0.15) is 18.2 Å². The average molecular weight is 386 g/mol. The third-order valence-electron chi connectivity index (χ3n) is 5.67. The van der Waals surface area contributed by atoms with E-state index in [1.165, 1.54) is 23.9 Å². The number of aryl methyl sites for hydroxylation is 2. The van der Waals surface area contributed by atoms with E-state index in [-0.39, 0.29) is 11.9 Å². The quantitative estimate of drug-likeness (QED) is 0.564. The number of nitrogens with zero attached hydrogens (tertiary/aromatic N) is 3. The molecule has 4 aromatic rings. The summed E-state index contributed by atoms with van der Waals surface area (Å²) in [5.74, 6) is -0.0129. The Kier molecular flexibility index (Phi) is 4.39. The first kappa shape index (κ1) is 17.7. The molecule has 1 N–H and O–H groups in total. The summed E-state index contributed by atoms with van der Waals surface area (Å²) in [7, 11) is 0. The van der Waals surface area contributed by atoms with E-state index in [4.69, 9.17) is 4.42 Å². The summed E-state index contributed by atoms with van der Waals surface area (Å²) in [6, 6.07) is 12.2. The number of hydrogen-bond donors (Lipinski definition) is 1. The van der Waals surface area contributed by atoms with Gasteiger partial charge in [-0.3, -0.25) is 4.79 Å². The molecule has 1 aliphatic carbocycles. The zero-order chi connectivity index (χ0) is 19.8. The molecule has 2 heterocycles. The van der Waals surface area contributed by atoms with E-state index in [1.807, 2.05) is 31.2 Å². The van der Waals surface area contributed by atoms with Gasteiger partial charge in [0, 0.05) is 10.9 Å². The first-order valence-corrected chi connectivity index (χ1v) is 9.93. The molecule has 0 bridgehead atoms. The second kappa shape index (κ2) is 7.20. The topological polar surface area (TPSA) is 73.0 Å². The predicted octanol–water partition coefficient (Wildman–Crippen LogP) is 3.92. The Balaban J connectivity index is 1.27. The molecule has 1 atom stereocenters. The summed E-state index contributed by atoms with van der Waals surface area (Å²) in [4.78, 5) is 16.6. The molecular formula is C23H22N4O2. The molecule has 146 valence electrons. The lowest BCUT2D eigenvalue weighted by Gasteiger charge is -2.15. The lowest BCUT2D eigenvalue weighted by Crippen LogP contribution is -2.28. The molecule has 6 heteroatoms. The van der Waals surface area contributed by atoms with Gasteiger partial charge in [-0.25, -0.2) is 9.67 Å². The molecular weight excluding hydrogens is 364 g/mol. The van der Waals surface area contributed by atoms with Crippen LogP contribution in [0.5, 0.6) is 0 Å². The van der Waals surface area contributed by atoms with Gasteiger partial charge in [-0.1, -0.05) is 12.1 Å². The van der Waals surface area contributed by atoms with E-state index >= 15 is 0 Å². The van der Waals surface area contributed by atoms with E-state index in [0.29, 0.717) is 6.42 Å². The molecule has 0 spiro atoms. The van der Waals surface area contributed by atoms with Crippen molar-refractivity contribution in [3.8, 4) is 5.69 Å². The number of benzene rings is 2. The Bertz CT molecular complexity index is 1160. The number of hydrogen-bond acceptors (Lipinski definition) is 4. The van der Waals surface area contributed by atoms with Gasteiger partial charge in [0.15, 0.2) is 0 Å². The highest BCUT2D eigenvalue weighted by Gasteiger charge is 2.17. The van der Waals surface area contributed by atoms with E-state index in [0.717, 1.165) is 40.6 Å². The fourth-order valence-electron chi connectivity index (χ4n) is 4.09. The fraction of sp³-hybridized carbons (Fsp3) is 0.261. The van der Waals surface area contributed by atoms with Crippen molar-refractivity contribution in [3.63, 3.8) is 0 Å². The van der Waals surface area contributed by atoms with Gasteiger partial charge in [-0.2, -0.15) is 5.10 Å². The van der Waals surface area contributed by atoms with Crippen molar-refractivity contribution in [2.24, 2.45) is 0 Å². The van der Waals surface area contributed by atoms with Crippen LogP contribution in [0.4, 0.5) is 0 Å². The SMILES string of the molecule is CC(NC(=O)Cc1coc2cc3c(cc12)CCC3)c1ccc(-n2cncn2)cc1. The third-order valence-corrected chi connectivity index (χ3v) is 5.67. The summed E-state index contributed by atoms with van der Waals surface area (Å²) >= 11 is 0. The number of amides is 1. The minimum atomic E-state index is -0.0882. The van der Waals surface area contributed by atoms with Crippen LogP contribution in [0.1, 0.15) is 41.6 Å². The van der Waals surface area contributed by atoms with Crippen molar-refractivity contribution >= 4 is 16.9 Å². The Morgan fingerprint density at radius 1 is 1.21 bits per heavy atom. The summed E-state index contributed by atoms with van der Waals surface area (Å²) in [6.45, 7) is 1.99. The molecule has 0 radical (unpaired) electrons. The molecule has 1 aliphatic rings. The molecule has 2 aromatic heterocycles. The smallest absolute Gasteiger partial charge is 0.225 e. The molecule has 29 heavy (non-hydrogen) atoms. The maximum absolute atomic E-state index is 12.7. The van der Waals surface area contributed by atoms with E-state index in [2.05, 4.69) is 27.5 Å². The number of nitrogens with one attached hydrogen (secondary N) is 1. The number of furan rings is 1. The van der Waals surface area contributed by atoms with Crippen molar-refractivity contribution < 1.29 is 9.21 Å². The summed E-state index contributed by atoms with van der Waals surface area (Å²) < 4.78 is 7.42. The predicted molar refractivity (Wildman–Crippen MR) is 110 cm³/mol. The van der Waals surface area contributed by atoms with Gasteiger partial charge in [0.25, 0.3) is 0 Å². The van der Waals surface area contributed by atoms with Crippen LogP contribution in [0.15, 0.2) is 59.7 Å². The second-order valence-electron chi connectivity index (χ2n) is 7.63. The zero-order valence-corrected chi connectivity index (χ0v) is 16.3. The molecule has 1 unspecified atom stereocenters. The van der Waals surface area contributed by atoms with Crippen LogP contribution in [0.25, 0.3) is 16.7 Å². The number of aromatic nitrogens is 3. The second-order valence-corrected chi connectivity index (χ2v) is 7.63. The van der Waals surface area contributed by atoms with E-state index < -0.39 is 0 Å². The molecule has 5 rings (SSSR count). The van der Waals surface area contributed by atoms with Gasteiger partial charge in [0.05, 0.1) is 24.4 Å². The van der Waals surface area contributed by atoms with Crippen LogP contribution >= 0.6 is 0 Å². The zero-order valence-electron chi connectivity index (χ0n) is 16.3. The van der Waals surface area contributed by atoms with E-state index in [9.17, 15) is 4.79 Å². The molecule has 0 saturated heterocycles. The Morgan fingerprint density at radius 3 is 2.76 bits per heavy atom. The largest absolute Gasteiger partial charge is 0.464 e. The molecule has 2 aromatic carbocycles.